The van der Waals surface area contributed by atoms with Crippen molar-refractivity contribution in [2.75, 3.05) is 22.6 Å². The monoisotopic (exact) mass is 449 g/mol. The van der Waals surface area contributed by atoms with E-state index in [0.29, 0.717) is 36.1 Å². The molecular weight excluding hydrogens is 427 g/mol. The van der Waals surface area contributed by atoms with Crippen LogP contribution >= 0.6 is 0 Å². The van der Waals surface area contributed by atoms with Gasteiger partial charge in [0.05, 0.1) is 18.4 Å². The Morgan fingerprint density at radius 3 is 2.75 bits per heavy atom. The van der Waals surface area contributed by atoms with Gasteiger partial charge in [-0.15, -0.1) is 0 Å². The minimum absolute atomic E-state index is 0.0768. The van der Waals surface area contributed by atoms with Crippen LogP contribution in [0, 0.1) is 6.92 Å². The molecule has 0 saturated heterocycles. The van der Waals surface area contributed by atoms with E-state index in [-0.39, 0.29) is 24.3 Å². The molecule has 0 saturated carbocycles. The molecule has 3 aromatic heterocycles. The largest absolute Gasteiger partial charge is 0.455 e. The molecule has 1 aliphatic rings. The highest BCUT2D eigenvalue weighted by molar-refractivity contribution is 6.03. The number of hydrogen-bond donors (Lipinski definition) is 2. The Kier molecular flexibility index (Phi) is 5.53. The van der Waals surface area contributed by atoms with Crippen molar-refractivity contribution in [1.82, 2.24) is 19.7 Å². The molecule has 1 aliphatic heterocycles. The highest BCUT2D eigenvalue weighted by atomic mass is 19.4. The van der Waals surface area contributed by atoms with E-state index in [2.05, 4.69) is 25.7 Å². The van der Waals surface area contributed by atoms with Crippen LogP contribution in [-0.2, 0) is 24.1 Å². The molecule has 4 rings (SSSR count). The Morgan fingerprint density at radius 1 is 1.28 bits per heavy atom. The van der Waals surface area contributed by atoms with Crippen molar-refractivity contribution in [3.63, 3.8) is 0 Å². The Labute approximate surface area is 181 Å². The Morgan fingerprint density at radius 2 is 2.06 bits per heavy atom. The van der Waals surface area contributed by atoms with Crippen LogP contribution in [0.3, 0.4) is 0 Å². The van der Waals surface area contributed by atoms with E-state index in [1.165, 1.54) is 10.7 Å². The number of anilines is 3. The molecule has 3 aromatic rings. The smallest absolute Gasteiger partial charge is 0.449 e. The van der Waals surface area contributed by atoms with Gasteiger partial charge in [-0.2, -0.15) is 23.3 Å². The van der Waals surface area contributed by atoms with Crippen LogP contribution in [-0.4, -0.2) is 38.7 Å². The fraction of sp³-hybridized carbons (Fsp3) is 0.400. The number of nitrogens with one attached hydrogen (secondary N) is 2. The molecule has 9 nitrogen and oxygen atoms in total. The van der Waals surface area contributed by atoms with Crippen molar-refractivity contribution < 1.29 is 22.4 Å². The zero-order chi connectivity index (χ0) is 23.0. The minimum Gasteiger partial charge on any atom is -0.455 e. The van der Waals surface area contributed by atoms with Gasteiger partial charge in [-0.3, -0.25) is 9.48 Å². The number of carbonyl (C=O) groups excluding carboxylic acids is 1. The summed E-state index contributed by atoms with van der Waals surface area (Å²) >= 11 is 0. The summed E-state index contributed by atoms with van der Waals surface area (Å²) in [7, 11) is 1.82. The summed E-state index contributed by atoms with van der Waals surface area (Å²) in [6.07, 6.45) is -0.565. The zero-order valence-electron chi connectivity index (χ0n) is 17.7. The molecule has 0 radical (unpaired) electrons. The van der Waals surface area contributed by atoms with Gasteiger partial charge in [0.15, 0.2) is 5.82 Å². The first-order chi connectivity index (χ1) is 15.2. The van der Waals surface area contributed by atoms with Crippen molar-refractivity contribution in [3.05, 3.63) is 47.3 Å². The maximum absolute atomic E-state index is 12.7. The molecule has 4 heterocycles. The lowest BCUT2D eigenvalue weighted by atomic mass is 10.1. The van der Waals surface area contributed by atoms with Crippen LogP contribution in [0.4, 0.5) is 30.6 Å². The summed E-state index contributed by atoms with van der Waals surface area (Å²) in [5, 5.41) is 10.2. The quantitative estimate of drug-likeness (QED) is 0.595. The third-order valence-corrected chi connectivity index (χ3v) is 5.21. The van der Waals surface area contributed by atoms with Gasteiger partial charge in [-0.25, -0.2) is 4.98 Å². The number of carbonyl (C=O) groups is 1. The molecule has 0 aliphatic carbocycles. The standard InChI is InChI=1S/C20H22F3N7O2/c1-4-14-18(31)27-16-11(2)26-19(28-17(16)29(14)3)24-7-12-8-25-30(9-12)10-13-5-6-15(32-13)20(21,22)23/h5-6,8-9,14H,4,7,10H2,1-3H3,(H,27,31)(H,24,26,28)/t14-/m0/s1. The maximum Gasteiger partial charge on any atom is 0.449 e. The molecule has 1 atom stereocenters. The Balaban J connectivity index is 1.43. The lowest BCUT2D eigenvalue weighted by molar-refractivity contribution is -0.153. The van der Waals surface area contributed by atoms with Crippen molar-refractivity contribution in [1.29, 1.82) is 0 Å². The topological polar surface area (TPSA) is 101 Å². The normalized spacial score (nSPS) is 16.1. The van der Waals surface area contributed by atoms with E-state index >= 15 is 0 Å². The first-order valence-electron chi connectivity index (χ1n) is 9.99. The third kappa shape index (κ3) is 4.25. The van der Waals surface area contributed by atoms with Gasteiger partial charge in [-0.05, 0) is 25.5 Å². The van der Waals surface area contributed by atoms with Crippen LogP contribution in [0.2, 0.25) is 0 Å². The lowest BCUT2D eigenvalue weighted by Gasteiger charge is -2.34. The summed E-state index contributed by atoms with van der Waals surface area (Å²) in [6, 6.07) is 1.88. The SMILES string of the molecule is CC[C@H]1C(=O)Nc2c(C)nc(NCc3cnn(Cc4ccc(C(F)(F)F)o4)c3)nc2N1C. The lowest BCUT2D eigenvalue weighted by Crippen LogP contribution is -2.46. The average molecular weight is 449 g/mol. The van der Waals surface area contributed by atoms with Gasteiger partial charge >= 0.3 is 6.18 Å². The number of likely N-dealkylation sites (N-methyl/N-ethyl adjacent to an activating group) is 1. The van der Waals surface area contributed by atoms with Crippen LogP contribution < -0.4 is 15.5 Å². The van der Waals surface area contributed by atoms with E-state index in [1.807, 2.05) is 18.9 Å². The summed E-state index contributed by atoms with van der Waals surface area (Å²) in [5.74, 6) is 0.0754. The van der Waals surface area contributed by atoms with E-state index < -0.39 is 11.9 Å². The van der Waals surface area contributed by atoms with Crippen molar-refractivity contribution in [2.24, 2.45) is 0 Å². The third-order valence-electron chi connectivity index (χ3n) is 5.21. The fourth-order valence-electron chi connectivity index (χ4n) is 3.57. The van der Waals surface area contributed by atoms with Gasteiger partial charge in [0.1, 0.15) is 17.5 Å². The van der Waals surface area contributed by atoms with Crippen molar-refractivity contribution >= 4 is 23.4 Å². The summed E-state index contributed by atoms with van der Waals surface area (Å²) in [6.45, 7) is 4.16. The summed E-state index contributed by atoms with van der Waals surface area (Å²) < 4.78 is 44.3. The van der Waals surface area contributed by atoms with E-state index in [9.17, 15) is 18.0 Å². The summed E-state index contributed by atoms with van der Waals surface area (Å²) in [4.78, 5) is 23.0. The Hall–Kier alpha value is -3.57. The van der Waals surface area contributed by atoms with E-state index in [0.717, 1.165) is 11.6 Å². The van der Waals surface area contributed by atoms with Crippen LogP contribution in [0.5, 0.6) is 0 Å². The second-order valence-electron chi connectivity index (χ2n) is 7.52. The number of nitrogens with zero attached hydrogens (tertiary/aromatic N) is 5. The van der Waals surface area contributed by atoms with Gasteiger partial charge in [0.2, 0.25) is 17.6 Å². The van der Waals surface area contributed by atoms with Crippen molar-refractivity contribution in [3.8, 4) is 0 Å². The summed E-state index contributed by atoms with van der Waals surface area (Å²) in [5.41, 5.74) is 2.03. The number of alkyl halides is 3. The Bertz CT molecular complexity index is 1140. The van der Waals surface area contributed by atoms with Crippen LogP contribution in [0.15, 0.2) is 28.9 Å². The number of halogens is 3. The number of amides is 1. The number of rotatable bonds is 6. The molecule has 0 unspecified atom stereocenters. The minimum atomic E-state index is -4.52. The number of furan rings is 1. The fourth-order valence-corrected chi connectivity index (χ4v) is 3.57. The second-order valence-corrected chi connectivity index (χ2v) is 7.52. The number of hydrogen-bond acceptors (Lipinski definition) is 7. The second kappa shape index (κ2) is 8.17. The number of fused-ring (bicyclic) bond motifs is 1. The molecule has 1 amide bonds. The first kappa shape index (κ1) is 21.7. The molecule has 170 valence electrons. The number of aryl methyl sites for hydroxylation is 1. The highest BCUT2D eigenvalue weighted by Gasteiger charge is 2.35. The number of aromatic nitrogens is 4. The van der Waals surface area contributed by atoms with Crippen molar-refractivity contribution in [2.45, 2.75) is 45.6 Å². The zero-order valence-corrected chi connectivity index (χ0v) is 17.7. The van der Waals surface area contributed by atoms with Gasteiger partial charge in [0, 0.05) is 25.4 Å². The maximum atomic E-state index is 12.7. The molecule has 12 heteroatoms. The molecule has 0 bridgehead atoms. The van der Waals surface area contributed by atoms with Crippen LogP contribution in [0.1, 0.15) is 36.1 Å². The first-order valence-corrected chi connectivity index (χ1v) is 9.99. The molecule has 0 spiro atoms. The van der Waals surface area contributed by atoms with Gasteiger partial charge < -0.3 is 20.0 Å². The van der Waals surface area contributed by atoms with E-state index in [4.69, 9.17) is 4.42 Å². The average Bonchev–Trinajstić information content (AvgIpc) is 3.37. The highest BCUT2D eigenvalue weighted by Crippen LogP contribution is 2.33. The molecule has 32 heavy (non-hydrogen) atoms. The molecule has 0 aromatic carbocycles. The van der Waals surface area contributed by atoms with E-state index in [1.54, 1.807) is 19.3 Å². The molecule has 0 fully saturated rings. The van der Waals surface area contributed by atoms with Gasteiger partial charge in [0.25, 0.3) is 0 Å². The predicted octanol–water partition coefficient (Wildman–Crippen LogP) is 3.42. The van der Waals surface area contributed by atoms with Crippen LogP contribution in [0.25, 0.3) is 0 Å². The predicted molar refractivity (Wildman–Crippen MR) is 110 cm³/mol. The van der Waals surface area contributed by atoms with Gasteiger partial charge in [-0.1, -0.05) is 6.92 Å². The molecule has 2 N–H and O–H groups in total. The molecular formula is C20H22F3N7O2.